The first-order chi connectivity index (χ1) is 13.1. The summed E-state index contributed by atoms with van der Waals surface area (Å²) in [4.78, 5) is 4.52. The molecule has 4 rings (SSSR count). The smallest absolute Gasteiger partial charge is 0.179 e. The van der Waals surface area contributed by atoms with Crippen LogP contribution in [0.25, 0.3) is 22.4 Å². The van der Waals surface area contributed by atoms with Crippen molar-refractivity contribution in [3.05, 3.63) is 58.9 Å². The molecule has 0 atom stereocenters. The van der Waals surface area contributed by atoms with E-state index in [9.17, 15) is 8.78 Å². The van der Waals surface area contributed by atoms with Gasteiger partial charge in [-0.3, -0.25) is 4.68 Å². The Morgan fingerprint density at radius 1 is 1.11 bits per heavy atom. The number of aliphatic hydroxyl groups excluding tert-OH is 1. The highest BCUT2D eigenvalue weighted by Crippen LogP contribution is 2.25. The first-order valence-corrected chi connectivity index (χ1v) is 8.41. The first kappa shape index (κ1) is 17.5. The Balaban J connectivity index is 1.73. The number of fused-ring (bicyclic) bond motifs is 1. The van der Waals surface area contributed by atoms with Crippen molar-refractivity contribution in [3.8, 4) is 11.3 Å². The zero-order valence-electron chi connectivity index (χ0n) is 13.8. The Kier molecular flexibility index (Phi) is 4.54. The van der Waals surface area contributed by atoms with Gasteiger partial charge in [-0.05, 0) is 24.3 Å². The lowest BCUT2D eigenvalue weighted by atomic mass is 10.2. The predicted octanol–water partition coefficient (Wildman–Crippen LogP) is 2.66. The third kappa shape index (κ3) is 3.26. The van der Waals surface area contributed by atoms with E-state index in [-0.39, 0.29) is 23.7 Å². The zero-order valence-corrected chi connectivity index (χ0v) is 14.6. The van der Waals surface area contributed by atoms with Gasteiger partial charge in [-0.25, -0.2) is 18.4 Å². The van der Waals surface area contributed by atoms with Gasteiger partial charge in [0.15, 0.2) is 5.65 Å². The monoisotopic (exact) mass is 390 g/mol. The van der Waals surface area contributed by atoms with Gasteiger partial charge in [-0.15, -0.1) is 5.10 Å². The van der Waals surface area contributed by atoms with E-state index in [1.165, 1.54) is 4.68 Å². The minimum absolute atomic E-state index is 0.0218. The van der Waals surface area contributed by atoms with Gasteiger partial charge in [-0.2, -0.15) is 5.10 Å². The molecule has 0 radical (unpaired) electrons. The summed E-state index contributed by atoms with van der Waals surface area (Å²) in [7, 11) is 0. The summed E-state index contributed by atoms with van der Waals surface area (Å²) in [5.41, 5.74) is 2.25. The van der Waals surface area contributed by atoms with E-state index < -0.39 is 11.6 Å². The quantitative estimate of drug-likeness (QED) is 0.530. The third-order valence-electron chi connectivity index (χ3n) is 4.06. The fourth-order valence-electron chi connectivity index (χ4n) is 2.71. The van der Waals surface area contributed by atoms with Crippen LogP contribution >= 0.6 is 11.6 Å². The Labute approximate surface area is 156 Å². The molecule has 27 heavy (non-hydrogen) atoms. The van der Waals surface area contributed by atoms with E-state index in [0.717, 1.165) is 17.7 Å². The molecule has 3 aromatic heterocycles. The van der Waals surface area contributed by atoms with Gasteiger partial charge < -0.3 is 5.11 Å². The summed E-state index contributed by atoms with van der Waals surface area (Å²) < 4.78 is 30.7. The maximum Gasteiger partial charge on any atom is 0.179 e. The summed E-state index contributed by atoms with van der Waals surface area (Å²) in [5, 5.41) is 20.8. The van der Waals surface area contributed by atoms with Crippen LogP contribution in [0.4, 0.5) is 8.78 Å². The highest BCUT2D eigenvalue weighted by molar-refractivity contribution is 6.31. The second kappa shape index (κ2) is 7.01. The molecule has 0 aliphatic heterocycles. The van der Waals surface area contributed by atoms with Crippen molar-refractivity contribution in [2.75, 3.05) is 6.61 Å². The van der Waals surface area contributed by atoms with E-state index in [1.807, 2.05) is 0 Å². The van der Waals surface area contributed by atoms with Gasteiger partial charge in [-0.1, -0.05) is 16.8 Å². The van der Waals surface area contributed by atoms with Crippen molar-refractivity contribution in [1.29, 1.82) is 0 Å². The lowest BCUT2D eigenvalue weighted by Gasteiger charge is -2.07. The Hall–Kier alpha value is -2.91. The van der Waals surface area contributed by atoms with Crippen molar-refractivity contribution >= 4 is 22.8 Å². The molecule has 0 spiro atoms. The number of nitrogens with zero attached hydrogens (tertiary/aromatic N) is 6. The topological polar surface area (TPSA) is 81.6 Å². The first-order valence-electron chi connectivity index (χ1n) is 8.03. The molecule has 0 aliphatic rings. The van der Waals surface area contributed by atoms with E-state index in [4.69, 9.17) is 16.7 Å². The summed E-state index contributed by atoms with van der Waals surface area (Å²) >= 11 is 5.90. The highest BCUT2D eigenvalue weighted by atomic mass is 35.5. The van der Waals surface area contributed by atoms with E-state index in [1.54, 1.807) is 29.2 Å². The average molecular weight is 391 g/mol. The van der Waals surface area contributed by atoms with Gasteiger partial charge in [0.05, 0.1) is 36.6 Å². The molecule has 0 fully saturated rings. The summed E-state index contributed by atoms with van der Waals surface area (Å²) in [5.74, 6) is -1.34. The molecule has 0 saturated carbocycles. The normalized spacial score (nSPS) is 11.4. The van der Waals surface area contributed by atoms with Crippen LogP contribution in [0.5, 0.6) is 0 Å². The minimum Gasteiger partial charge on any atom is -0.394 e. The van der Waals surface area contributed by atoms with E-state index >= 15 is 0 Å². The fraction of sp³-hybridized carbons (Fsp3) is 0.176. The number of aromatic nitrogens is 6. The van der Waals surface area contributed by atoms with Gasteiger partial charge in [0.25, 0.3) is 0 Å². The van der Waals surface area contributed by atoms with Crippen LogP contribution in [0.15, 0.2) is 36.7 Å². The average Bonchev–Trinajstić information content (AvgIpc) is 3.29. The van der Waals surface area contributed by atoms with E-state index in [0.29, 0.717) is 23.4 Å². The molecular formula is C17H13ClF2N6O. The largest absolute Gasteiger partial charge is 0.394 e. The molecule has 0 amide bonds. The van der Waals surface area contributed by atoms with Crippen LogP contribution < -0.4 is 0 Å². The maximum atomic E-state index is 14.1. The molecule has 3 heterocycles. The zero-order chi connectivity index (χ0) is 19.0. The number of rotatable bonds is 5. The summed E-state index contributed by atoms with van der Waals surface area (Å²) in [6, 6.07) is 5.48. The summed E-state index contributed by atoms with van der Waals surface area (Å²) in [6.07, 6.45) is 3.38. The second-order valence-corrected chi connectivity index (χ2v) is 6.20. The number of benzene rings is 1. The number of aliphatic hydroxyl groups is 1. The molecule has 0 unspecified atom stereocenters. The van der Waals surface area contributed by atoms with Crippen LogP contribution in [-0.2, 0) is 13.1 Å². The van der Waals surface area contributed by atoms with Crippen LogP contribution in [0, 0.1) is 11.6 Å². The molecular weight excluding hydrogens is 378 g/mol. The molecule has 1 aromatic carbocycles. The molecule has 10 heteroatoms. The van der Waals surface area contributed by atoms with Crippen molar-refractivity contribution in [1.82, 2.24) is 29.8 Å². The van der Waals surface area contributed by atoms with Gasteiger partial charge in [0.2, 0.25) is 0 Å². The van der Waals surface area contributed by atoms with Gasteiger partial charge in [0, 0.05) is 17.3 Å². The Morgan fingerprint density at radius 2 is 1.93 bits per heavy atom. The predicted molar refractivity (Wildman–Crippen MR) is 94.1 cm³/mol. The minimum atomic E-state index is -0.706. The molecule has 7 nitrogen and oxygen atoms in total. The van der Waals surface area contributed by atoms with Crippen LogP contribution in [0.2, 0.25) is 5.02 Å². The summed E-state index contributed by atoms with van der Waals surface area (Å²) in [6.45, 7) is 0.239. The molecule has 0 aliphatic carbocycles. The molecule has 0 saturated heterocycles. The van der Waals surface area contributed by atoms with Crippen LogP contribution in [-0.4, -0.2) is 41.5 Å². The SMILES string of the molecule is OCCn1cc(-c2ccc3nnn(Cc4c(F)ccc(F)c4Cl)c3n2)cn1. The second-order valence-electron chi connectivity index (χ2n) is 5.82. The fourth-order valence-corrected chi connectivity index (χ4v) is 2.92. The lowest BCUT2D eigenvalue weighted by molar-refractivity contribution is 0.269. The van der Waals surface area contributed by atoms with Crippen molar-refractivity contribution < 1.29 is 13.9 Å². The van der Waals surface area contributed by atoms with Crippen molar-refractivity contribution in [2.24, 2.45) is 0 Å². The lowest BCUT2D eigenvalue weighted by Crippen LogP contribution is -2.06. The third-order valence-corrected chi connectivity index (χ3v) is 4.47. The molecule has 0 bridgehead atoms. The molecule has 4 aromatic rings. The Morgan fingerprint density at radius 3 is 2.74 bits per heavy atom. The van der Waals surface area contributed by atoms with E-state index in [2.05, 4.69) is 20.4 Å². The van der Waals surface area contributed by atoms with Crippen LogP contribution in [0.1, 0.15) is 5.56 Å². The van der Waals surface area contributed by atoms with Crippen molar-refractivity contribution in [3.63, 3.8) is 0 Å². The Bertz CT molecular complexity index is 1130. The molecule has 1 N–H and O–H groups in total. The van der Waals surface area contributed by atoms with Crippen molar-refractivity contribution in [2.45, 2.75) is 13.1 Å². The van der Waals surface area contributed by atoms with Crippen LogP contribution in [0.3, 0.4) is 0 Å². The number of hydrogen-bond donors (Lipinski definition) is 1. The molecule has 138 valence electrons. The number of halogens is 3. The highest BCUT2D eigenvalue weighted by Gasteiger charge is 2.16. The number of pyridine rings is 1. The van der Waals surface area contributed by atoms with Gasteiger partial charge in [0.1, 0.15) is 17.2 Å². The van der Waals surface area contributed by atoms with Gasteiger partial charge >= 0.3 is 0 Å². The number of hydrogen-bond acceptors (Lipinski definition) is 5. The maximum absolute atomic E-state index is 14.1. The standard InChI is InChI=1S/C17H13ClF2N6O/c18-16-11(12(19)1-2-13(16)20)9-26-17-15(23-24-26)4-3-14(22-17)10-7-21-25(8-10)5-6-27/h1-4,7-8,27H,5-6,9H2.